The minimum atomic E-state index is -4.59. The van der Waals surface area contributed by atoms with E-state index < -0.39 is 7.82 Å². The Labute approximate surface area is 191 Å². The summed E-state index contributed by atoms with van der Waals surface area (Å²) in [5, 5.41) is 0. The van der Waals surface area contributed by atoms with Crippen molar-refractivity contribution in [3.05, 3.63) is 70.2 Å². The molecular weight excluding hydrogens is 451 g/mol. The summed E-state index contributed by atoms with van der Waals surface area (Å²) < 4.78 is 15.7. The van der Waals surface area contributed by atoms with Crippen LogP contribution in [-0.4, -0.2) is 37.7 Å². The van der Waals surface area contributed by atoms with Crippen LogP contribution in [0.25, 0.3) is 6.08 Å². The minimum absolute atomic E-state index is 0.166. The van der Waals surface area contributed by atoms with Gasteiger partial charge in [-0.25, -0.2) is 14.5 Å². The number of hydrogen-bond donors (Lipinski definition) is 3. The SMILES string of the molecule is C=Cc1ccc(CS/C(CCOP(=O)(O)O)=C(/C)N(C=O)Cc2cnc(C)nc2N)cc1. The number of nitrogens with two attached hydrogens (primary N) is 1. The molecule has 0 radical (unpaired) electrons. The highest BCUT2D eigenvalue weighted by Crippen LogP contribution is 2.37. The molecule has 11 heteroatoms. The van der Waals surface area contributed by atoms with Gasteiger partial charge in [-0.05, 0) is 25.0 Å². The van der Waals surface area contributed by atoms with Crippen LogP contribution < -0.4 is 5.73 Å². The Balaban J connectivity index is 2.24. The van der Waals surface area contributed by atoms with Crippen LogP contribution in [0.5, 0.6) is 0 Å². The predicted molar refractivity (Wildman–Crippen MR) is 126 cm³/mol. The number of anilines is 1. The van der Waals surface area contributed by atoms with Gasteiger partial charge in [0.05, 0.1) is 13.2 Å². The maximum Gasteiger partial charge on any atom is 0.469 e. The Morgan fingerprint density at radius 2 is 2.03 bits per heavy atom. The molecule has 0 aliphatic rings. The second-order valence-electron chi connectivity index (χ2n) is 6.88. The third-order valence-electron chi connectivity index (χ3n) is 4.54. The number of amides is 1. The predicted octanol–water partition coefficient (Wildman–Crippen LogP) is 3.63. The summed E-state index contributed by atoms with van der Waals surface area (Å²) in [5.74, 6) is 1.42. The molecule has 172 valence electrons. The van der Waals surface area contributed by atoms with E-state index in [2.05, 4.69) is 21.1 Å². The summed E-state index contributed by atoms with van der Waals surface area (Å²) >= 11 is 1.47. The molecule has 1 aromatic carbocycles. The third-order valence-corrected chi connectivity index (χ3v) is 6.38. The van der Waals surface area contributed by atoms with Crippen molar-refractivity contribution in [1.82, 2.24) is 14.9 Å². The van der Waals surface area contributed by atoms with E-state index in [9.17, 15) is 9.36 Å². The Morgan fingerprint density at radius 3 is 2.59 bits per heavy atom. The average Bonchev–Trinajstić information content (AvgIpc) is 2.74. The maximum atomic E-state index is 11.8. The van der Waals surface area contributed by atoms with Crippen LogP contribution in [0.4, 0.5) is 5.82 Å². The number of hydrogen-bond acceptors (Lipinski definition) is 7. The zero-order valence-electron chi connectivity index (χ0n) is 18.0. The molecule has 1 aromatic heterocycles. The highest BCUT2D eigenvalue weighted by molar-refractivity contribution is 8.02. The molecule has 0 unspecified atom stereocenters. The summed E-state index contributed by atoms with van der Waals surface area (Å²) in [6, 6.07) is 7.86. The van der Waals surface area contributed by atoms with Crippen molar-refractivity contribution in [1.29, 1.82) is 0 Å². The van der Waals surface area contributed by atoms with E-state index in [0.29, 0.717) is 35.1 Å². The number of rotatable bonds is 12. The van der Waals surface area contributed by atoms with E-state index in [0.717, 1.165) is 16.0 Å². The van der Waals surface area contributed by atoms with Crippen molar-refractivity contribution in [2.24, 2.45) is 0 Å². The average molecular weight is 479 g/mol. The largest absolute Gasteiger partial charge is 0.469 e. The highest BCUT2D eigenvalue weighted by Gasteiger charge is 2.17. The van der Waals surface area contributed by atoms with Crippen molar-refractivity contribution in [2.75, 3.05) is 12.3 Å². The number of benzene rings is 1. The summed E-state index contributed by atoms with van der Waals surface area (Å²) in [4.78, 5) is 40.3. The standard InChI is InChI=1S/C21H27N4O5PS/c1-4-17-5-7-18(8-6-17)13-32-20(9-10-30-31(27,28)29)15(2)25(14-26)12-19-11-23-16(3)24-21(19)22/h4-8,11,14H,1,9-10,12-13H2,2-3H3,(H2,22,23,24)(H2,27,28,29)/b20-15-. The Morgan fingerprint density at radius 1 is 1.34 bits per heavy atom. The first-order chi connectivity index (χ1) is 15.1. The van der Waals surface area contributed by atoms with Gasteiger partial charge in [0, 0.05) is 34.5 Å². The quantitative estimate of drug-likeness (QED) is 0.308. The van der Waals surface area contributed by atoms with Crippen LogP contribution in [0.15, 0.2) is 47.6 Å². The van der Waals surface area contributed by atoms with Gasteiger partial charge in [-0.1, -0.05) is 36.9 Å². The van der Waals surface area contributed by atoms with Gasteiger partial charge in [0.2, 0.25) is 6.41 Å². The fourth-order valence-electron chi connectivity index (χ4n) is 2.75. The van der Waals surface area contributed by atoms with Crippen LogP contribution >= 0.6 is 19.6 Å². The lowest BCUT2D eigenvalue weighted by molar-refractivity contribution is -0.116. The van der Waals surface area contributed by atoms with Crippen molar-refractivity contribution < 1.29 is 23.7 Å². The van der Waals surface area contributed by atoms with Crippen molar-refractivity contribution in [3.63, 3.8) is 0 Å². The van der Waals surface area contributed by atoms with E-state index in [1.807, 2.05) is 24.3 Å². The first kappa shape index (κ1) is 25.8. The van der Waals surface area contributed by atoms with Gasteiger partial charge in [-0.2, -0.15) is 0 Å². The van der Waals surface area contributed by atoms with Crippen LogP contribution in [0.3, 0.4) is 0 Å². The summed E-state index contributed by atoms with van der Waals surface area (Å²) in [7, 11) is -4.59. The van der Waals surface area contributed by atoms with E-state index >= 15 is 0 Å². The van der Waals surface area contributed by atoms with E-state index in [1.54, 1.807) is 26.1 Å². The van der Waals surface area contributed by atoms with Gasteiger partial charge in [0.15, 0.2) is 0 Å². The molecule has 2 rings (SSSR count). The number of nitrogens with zero attached hydrogens (tertiary/aromatic N) is 3. The molecule has 0 aliphatic carbocycles. The van der Waals surface area contributed by atoms with Gasteiger partial charge < -0.3 is 20.4 Å². The van der Waals surface area contributed by atoms with E-state index in [4.69, 9.17) is 15.5 Å². The molecule has 0 saturated heterocycles. The van der Waals surface area contributed by atoms with Crippen LogP contribution in [0.2, 0.25) is 0 Å². The Hall–Kier alpha value is -2.49. The normalized spacial score (nSPS) is 12.2. The molecular formula is C21H27N4O5PS. The fraction of sp³-hybridized carbons (Fsp3) is 0.286. The van der Waals surface area contributed by atoms with E-state index in [1.165, 1.54) is 16.7 Å². The summed E-state index contributed by atoms with van der Waals surface area (Å²) in [5.41, 5.74) is 9.24. The Bertz CT molecular complexity index is 1020. The number of carbonyl (C=O) groups excluding carboxylic acids is 1. The molecule has 0 bridgehead atoms. The number of phosphoric ester groups is 1. The molecule has 1 amide bonds. The molecule has 0 spiro atoms. The van der Waals surface area contributed by atoms with Gasteiger partial charge >= 0.3 is 7.82 Å². The molecule has 32 heavy (non-hydrogen) atoms. The molecule has 4 N–H and O–H groups in total. The molecule has 0 atom stereocenters. The first-order valence-electron chi connectivity index (χ1n) is 9.67. The van der Waals surface area contributed by atoms with Crippen molar-refractivity contribution >= 4 is 37.9 Å². The lowest BCUT2D eigenvalue weighted by atomic mass is 10.1. The molecule has 0 aliphatic heterocycles. The Kier molecular flexibility index (Phi) is 9.61. The number of carbonyl (C=O) groups is 1. The van der Waals surface area contributed by atoms with Crippen molar-refractivity contribution in [2.45, 2.75) is 32.6 Å². The second-order valence-corrected chi connectivity index (χ2v) is 9.19. The summed E-state index contributed by atoms with van der Waals surface area (Å²) in [6.07, 6.45) is 4.23. The zero-order chi connectivity index (χ0) is 23.7. The van der Waals surface area contributed by atoms with Crippen LogP contribution in [0.1, 0.15) is 35.9 Å². The topological polar surface area (TPSA) is 139 Å². The fourth-order valence-corrected chi connectivity index (χ4v) is 4.16. The molecule has 9 nitrogen and oxygen atoms in total. The maximum absolute atomic E-state index is 11.8. The summed E-state index contributed by atoms with van der Waals surface area (Å²) in [6.45, 7) is 7.20. The van der Waals surface area contributed by atoms with Gasteiger partial charge in [-0.15, -0.1) is 11.8 Å². The smallest absolute Gasteiger partial charge is 0.383 e. The van der Waals surface area contributed by atoms with Gasteiger partial charge in [0.1, 0.15) is 11.6 Å². The van der Waals surface area contributed by atoms with Gasteiger partial charge in [-0.3, -0.25) is 9.32 Å². The number of phosphoric acid groups is 1. The monoisotopic (exact) mass is 478 g/mol. The number of allylic oxidation sites excluding steroid dienone is 1. The number of thioether (sulfide) groups is 1. The highest BCUT2D eigenvalue weighted by atomic mass is 32.2. The third kappa shape index (κ3) is 8.22. The zero-order valence-corrected chi connectivity index (χ0v) is 19.7. The van der Waals surface area contributed by atoms with Gasteiger partial charge in [0.25, 0.3) is 0 Å². The molecule has 2 aromatic rings. The second kappa shape index (κ2) is 11.9. The lowest BCUT2D eigenvalue weighted by Crippen LogP contribution is -2.22. The minimum Gasteiger partial charge on any atom is -0.383 e. The van der Waals surface area contributed by atoms with E-state index in [-0.39, 0.29) is 19.6 Å². The van der Waals surface area contributed by atoms with Crippen LogP contribution in [-0.2, 0) is 26.2 Å². The number of nitrogen functional groups attached to an aromatic ring is 1. The lowest BCUT2D eigenvalue weighted by Gasteiger charge is -2.22. The molecule has 1 heterocycles. The molecule has 0 fully saturated rings. The van der Waals surface area contributed by atoms with Crippen LogP contribution in [0, 0.1) is 6.92 Å². The number of aromatic nitrogens is 2. The molecule has 0 saturated carbocycles. The van der Waals surface area contributed by atoms with Crippen molar-refractivity contribution in [3.8, 4) is 0 Å². The first-order valence-corrected chi connectivity index (χ1v) is 12.2. The number of aryl methyl sites for hydroxylation is 1.